The molecule has 2 atom stereocenters. The molecule has 2 aliphatic rings. The van der Waals surface area contributed by atoms with E-state index in [0.717, 1.165) is 35.0 Å². The van der Waals surface area contributed by atoms with Crippen molar-refractivity contribution in [1.82, 2.24) is 5.01 Å². The number of benzene rings is 3. The van der Waals surface area contributed by atoms with Crippen LogP contribution >= 0.6 is 15.9 Å². The standard InChI is InChI=1S/C27H23BrN2O/c28-23-15-7-14-22(18-23)27(31)30-26(20-11-5-2-6-12-20)24-16-8-13-21(25(24)29-30)17-19-9-3-1-4-10-19/h1-7,9-12,14-15,17-18,24,26H,8,13,16H2/b21-17-/t24-,26+/m0/s1. The summed E-state index contributed by atoms with van der Waals surface area (Å²) in [5, 5.41) is 6.69. The minimum Gasteiger partial charge on any atom is -0.267 e. The average Bonchev–Trinajstić information content (AvgIpc) is 3.20. The van der Waals surface area contributed by atoms with Crippen LogP contribution in [0.5, 0.6) is 0 Å². The van der Waals surface area contributed by atoms with E-state index < -0.39 is 0 Å². The molecule has 0 aromatic heterocycles. The zero-order valence-corrected chi connectivity index (χ0v) is 18.7. The maximum atomic E-state index is 13.6. The van der Waals surface area contributed by atoms with Crippen LogP contribution in [0.4, 0.5) is 0 Å². The van der Waals surface area contributed by atoms with Crippen molar-refractivity contribution >= 4 is 33.6 Å². The third-order valence-electron chi connectivity index (χ3n) is 6.06. The summed E-state index contributed by atoms with van der Waals surface area (Å²) < 4.78 is 0.892. The number of carbonyl (C=O) groups is 1. The number of amides is 1. The van der Waals surface area contributed by atoms with Crippen molar-refractivity contribution in [3.63, 3.8) is 0 Å². The molecule has 1 amide bonds. The molecule has 1 heterocycles. The van der Waals surface area contributed by atoms with Gasteiger partial charge in [-0.05, 0) is 60.2 Å². The van der Waals surface area contributed by atoms with E-state index in [2.05, 4.69) is 58.4 Å². The number of hydrogen-bond acceptors (Lipinski definition) is 2. The first-order chi connectivity index (χ1) is 15.2. The van der Waals surface area contributed by atoms with Crippen LogP contribution in [0, 0.1) is 5.92 Å². The van der Waals surface area contributed by atoms with Crippen LogP contribution in [-0.2, 0) is 0 Å². The third-order valence-corrected chi connectivity index (χ3v) is 6.56. The molecule has 31 heavy (non-hydrogen) atoms. The minimum atomic E-state index is -0.0813. The van der Waals surface area contributed by atoms with Gasteiger partial charge in [-0.15, -0.1) is 0 Å². The highest BCUT2D eigenvalue weighted by atomic mass is 79.9. The van der Waals surface area contributed by atoms with Crippen LogP contribution in [0.1, 0.15) is 46.8 Å². The summed E-state index contributed by atoms with van der Waals surface area (Å²) >= 11 is 3.49. The first kappa shape index (κ1) is 20.0. The van der Waals surface area contributed by atoms with Gasteiger partial charge in [0.05, 0.1) is 11.8 Å². The second kappa shape index (κ2) is 8.64. The smallest absolute Gasteiger partial charge is 0.267 e. The summed E-state index contributed by atoms with van der Waals surface area (Å²) in [7, 11) is 0. The van der Waals surface area contributed by atoms with Gasteiger partial charge in [-0.3, -0.25) is 4.79 Å². The average molecular weight is 471 g/mol. The lowest BCUT2D eigenvalue weighted by molar-refractivity contribution is 0.0681. The Hall–Kier alpha value is -2.98. The van der Waals surface area contributed by atoms with Gasteiger partial charge in [-0.2, -0.15) is 5.10 Å². The summed E-state index contributed by atoms with van der Waals surface area (Å²) in [4.78, 5) is 13.6. The highest BCUT2D eigenvalue weighted by Gasteiger charge is 2.43. The largest absolute Gasteiger partial charge is 0.274 e. The van der Waals surface area contributed by atoms with Gasteiger partial charge in [-0.1, -0.05) is 82.7 Å². The molecule has 0 spiro atoms. The molecular weight excluding hydrogens is 448 g/mol. The molecule has 1 fully saturated rings. The zero-order chi connectivity index (χ0) is 21.2. The van der Waals surface area contributed by atoms with Gasteiger partial charge in [0, 0.05) is 16.0 Å². The monoisotopic (exact) mass is 470 g/mol. The van der Waals surface area contributed by atoms with E-state index in [0.29, 0.717) is 5.56 Å². The highest BCUT2D eigenvalue weighted by molar-refractivity contribution is 9.10. The molecular formula is C27H23BrN2O. The number of halogens is 1. The summed E-state index contributed by atoms with van der Waals surface area (Å²) in [6.45, 7) is 0. The number of hydrazone groups is 1. The van der Waals surface area contributed by atoms with Crippen LogP contribution in [0.2, 0.25) is 0 Å². The van der Waals surface area contributed by atoms with Gasteiger partial charge in [0.2, 0.25) is 0 Å². The molecule has 1 aliphatic carbocycles. The van der Waals surface area contributed by atoms with E-state index in [4.69, 9.17) is 5.10 Å². The van der Waals surface area contributed by atoms with Crippen molar-refractivity contribution < 1.29 is 4.79 Å². The van der Waals surface area contributed by atoms with Crippen molar-refractivity contribution in [2.45, 2.75) is 25.3 Å². The van der Waals surface area contributed by atoms with Crippen LogP contribution in [0.25, 0.3) is 6.08 Å². The molecule has 1 saturated carbocycles. The Morgan fingerprint density at radius 1 is 0.968 bits per heavy atom. The minimum absolute atomic E-state index is 0.0592. The first-order valence-electron chi connectivity index (χ1n) is 10.7. The summed E-state index contributed by atoms with van der Waals surface area (Å²) in [6.07, 6.45) is 5.36. The fraction of sp³-hybridized carbons (Fsp3) is 0.185. The highest BCUT2D eigenvalue weighted by Crippen LogP contribution is 2.44. The summed E-state index contributed by atoms with van der Waals surface area (Å²) in [6, 6.07) is 28.2. The number of rotatable bonds is 3. The van der Waals surface area contributed by atoms with Crippen LogP contribution < -0.4 is 0 Å². The Morgan fingerprint density at radius 2 is 1.71 bits per heavy atom. The summed E-state index contributed by atoms with van der Waals surface area (Å²) in [5.41, 5.74) is 5.26. The quantitative estimate of drug-likeness (QED) is 0.410. The Bertz CT molecular complexity index is 1150. The van der Waals surface area contributed by atoms with E-state index in [1.165, 1.54) is 11.1 Å². The van der Waals surface area contributed by atoms with Crippen molar-refractivity contribution in [3.8, 4) is 0 Å². The van der Waals surface area contributed by atoms with E-state index in [1.807, 2.05) is 48.5 Å². The molecule has 3 aromatic rings. The van der Waals surface area contributed by atoms with Crippen molar-refractivity contribution in [2.75, 3.05) is 0 Å². The van der Waals surface area contributed by atoms with Gasteiger partial charge >= 0.3 is 0 Å². The second-order valence-corrected chi connectivity index (χ2v) is 9.00. The van der Waals surface area contributed by atoms with Crippen LogP contribution in [0.15, 0.2) is 100 Å². The Balaban J connectivity index is 1.58. The second-order valence-electron chi connectivity index (χ2n) is 8.08. The molecule has 0 saturated heterocycles. The first-order valence-corrected chi connectivity index (χ1v) is 11.5. The topological polar surface area (TPSA) is 32.7 Å². The molecule has 5 rings (SSSR count). The molecule has 154 valence electrons. The van der Waals surface area contributed by atoms with Gasteiger partial charge in [0.25, 0.3) is 5.91 Å². The van der Waals surface area contributed by atoms with E-state index in [-0.39, 0.29) is 17.9 Å². The van der Waals surface area contributed by atoms with Gasteiger partial charge in [0.15, 0.2) is 0 Å². The Morgan fingerprint density at radius 3 is 2.45 bits per heavy atom. The lowest BCUT2D eigenvalue weighted by Crippen LogP contribution is -2.31. The molecule has 4 heteroatoms. The third kappa shape index (κ3) is 4.00. The lowest BCUT2D eigenvalue weighted by atomic mass is 9.77. The molecule has 0 N–H and O–H groups in total. The van der Waals surface area contributed by atoms with E-state index in [9.17, 15) is 4.79 Å². The van der Waals surface area contributed by atoms with Crippen LogP contribution in [0.3, 0.4) is 0 Å². The number of hydrogen-bond donors (Lipinski definition) is 0. The molecule has 1 aliphatic heterocycles. The predicted octanol–water partition coefficient (Wildman–Crippen LogP) is 6.89. The fourth-order valence-electron chi connectivity index (χ4n) is 4.66. The number of fused-ring (bicyclic) bond motifs is 1. The Labute approximate surface area is 191 Å². The zero-order valence-electron chi connectivity index (χ0n) is 17.1. The normalized spacial score (nSPS) is 21.6. The molecule has 0 radical (unpaired) electrons. The molecule has 0 bridgehead atoms. The van der Waals surface area contributed by atoms with E-state index in [1.54, 1.807) is 5.01 Å². The maximum Gasteiger partial charge on any atom is 0.274 e. The SMILES string of the molecule is O=C(c1cccc(Br)c1)N1N=C2/C(=C\c3ccccc3)CCC[C@@H]2[C@H]1c1ccccc1. The lowest BCUT2D eigenvalue weighted by Gasteiger charge is -2.29. The molecule has 3 nitrogen and oxygen atoms in total. The maximum absolute atomic E-state index is 13.6. The van der Waals surface area contributed by atoms with Crippen molar-refractivity contribution in [2.24, 2.45) is 11.0 Å². The number of allylic oxidation sites excluding steroid dienone is 1. The Kier molecular flexibility index (Phi) is 5.56. The predicted molar refractivity (Wildman–Crippen MR) is 129 cm³/mol. The van der Waals surface area contributed by atoms with Crippen molar-refractivity contribution in [3.05, 3.63) is 112 Å². The van der Waals surface area contributed by atoms with Crippen LogP contribution in [-0.4, -0.2) is 16.6 Å². The molecule has 3 aromatic carbocycles. The van der Waals surface area contributed by atoms with E-state index >= 15 is 0 Å². The summed E-state index contributed by atoms with van der Waals surface area (Å²) in [5.74, 6) is 0.151. The molecule has 0 unspecified atom stereocenters. The number of carbonyl (C=O) groups excluding carboxylic acids is 1. The van der Waals surface area contributed by atoms with Crippen molar-refractivity contribution in [1.29, 1.82) is 0 Å². The van der Waals surface area contributed by atoms with Gasteiger partial charge < -0.3 is 0 Å². The number of nitrogens with zero attached hydrogens (tertiary/aromatic N) is 2. The van der Waals surface area contributed by atoms with Gasteiger partial charge in [0.1, 0.15) is 0 Å². The fourth-order valence-corrected chi connectivity index (χ4v) is 5.05. The van der Waals surface area contributed by atoms with Gasteiger partial charge in [-0.25, -0.2) is 5.01 Å².